The minimum atomic E-state index is 0.733. The number of halogens is 2. The van der Waals surface area contributed by atoms with E-state index in [1.165, 1.54) is 306 Å². The standard InChI is InChI=1S/C66H102Br2N4S4/c1-5-9-13-17-21-25-27-31-35-39-43-51(41-37-33-29-23-19-15-11-7-3)45-53-47-59(73-65(53)67)57-49-55-56(61-63(57)75-71-69-61)50-58(64-62(55)70-72-76-64)60-48-54(66(68)74-60)46-52(42-38-34-30-24-20-16-12-8-4)44-40-36-32-28-26-22-18-14-10-6-2/h47-52H,5-46H2,1-4H3. The molecule has 0 radical (unpaired) electrons. The van der Waals surface area contributed by atoms with Crippen molar-refractivity contribution in [2.24, 2.45) is 11.8 Å². The van der Waals surface area contributed by atoms with Crippen LogP contribution in [0.5, 0.6) is 0 Å². The normalized spacial score (nSPS) is 12.9. The SMILES string of the molecule is CCCCCCCCCCCCC(CCCCCCCCCC)Cc1cc(-c2cc3c(cc(-c4cc(CC(CCCCCCCCCC)CCCCCCCCCCCC)c(Br)s4)c4snnc43)c3nnsc23)sc1Br. The first kappa shape index (κ1) is 63.9. The molecule has 2 unspecified atom stereocenters. The monoisotopic (exact) mass is 1240 g/mol. The number of fused-ring (bicyclic) bond motifs is 5. The Hall–Kier alpha value is -1.30. The van der Waals surface area contributed by atoms with Crippen LogP contribution in [0.2, 0.25) is 0 Å². The molecule has 10 heteroatoms. The lowest BCUT2D eigenvalue weighted by atomic mass is 9.89. The summed E-state index contributed by atoms with van der Waals surface area (Å²) in [6, 6.07) is 9.80. The third-order valence-corrected chi connectivity index (χ3v) is 22.3. The first-order valence-electron chi connectivity index (χ1n) is 31.9. The van der Waals surface area contributed by atoms with Gasteiger partial charge in [0.05, 0.1) is 17.0 Å². The van der Waals surface area contributed by atoms with Crippen molar-refractivity contribution in [2.45, 2.75) is 297 Å². The average Bonchev–Trinajstić information content (AvgIpc) is 4.30. The number of thiophene rings is 2. The van der Waals surface area contributed by atoms with Gasteiger partial charge in [0.1, 0.15) is 11.0 Å². The Labute approximate surface area is 497 Å². The highest BCUT2D eigenvalue weighted by molar-refractivity contribution is 9.11. The fourth-order valence-electron chi connectivity index (χ4n) is 12.1. The zero-order valence-corrected chi connectivity index (χ0v) is 54.8. The van der Waals surface area contributed by atoms with Crippen LogP contribution in [0.4, 0.5) is 0 Å². The van der Waals surface area contributed by atoms with Crippen LogP contribution in [0.3, 0.4) is 0 Å². The summed E-state index contributed by atoms with van der Waals surface area (Å²) >= 11 is 15.1. The predicted molar refractivity (Wildman–Crippen MR) is 350 cm³/mol. The van der Waals surface area contributed by atoms with Gasteiger partial charge < -0.3 is 0 Å². The van der Waals surface area contributed by atoms with Crippen molar-refractivity contribution < 1.29 is 0 Å². The van der Waals surface area contributed by atoms with E-state index in [0.29, 0.717) is 0 Å². The molecule has 0 amide bonds. The van der Waals surface area contributed by atoms with Gasteiger partial charge in [0, 0.05) is 31.7 Å². The lowest BCUT2D eigenvalue weighted by molar-refractivity contribution is 0.400. The molecule has 0 saturated heterocycles. The molecule has 2 aromatic carbocycles. The van der Waals surface area contributed by atoms with E-state index in [1.807, 2.05) is 22.7 Å². The molecule has 424 valence electrons. The fraction of sp³-hybridized carbons (Fsp3) is 0.727. The topological polar surface area (TPSA) is 51.6 Å². The van der Waals surface area contributed by atoms with Crippen molar-refractivity contribution in [1.82, 2.24) is 19.2 Å². The van der Waals surface area contributed by atoms with Crippen molar-refractivity contribution in [1.29, 1.82) is 0 Å². The van der Waals surface area contributed by atoms with Gasteiger partial charge in [0.2, 0.25) is 0 Å². The number of rotatable bonds is 46. The van der Waals surface area contributed by atoms with E-state index in [0.717, 1.165) is 46.5 Å². The summed E-state index contributed by atoms with van der Waals surface area (Å²) in [6.07, 6.45) is 57.9. The van der Waals surface area contributed by atoms with Crippen molar-refractivity contribution in [2.75, 3.05) is 0 Å². The number of benzene rings is 2. The van der Waals surface area contributed by atoms with Crippen LogP contribution in [-0.4, -0.2) is 19.2 Å². The van der Waals surface area contributed by atoms with Crippen molar-refractivity contribution in [3.05, 3.63) is 43.0 Å². The number of nitrogens with zero attached hydrogens (tertiary/aromatic N) is 4. The molecular weight excluding hydrogens is 1140 g/mol. The zero-order valence-electron chi connectivity index (χ0n) is 48.3. The highest BCUT2D eigenvalue weighted by Gasteiger charge is 2.24. The molecule has 0 fully saturated rings. The summed E-state index contributed by atoms with van der Waals surface area (Å²) in [5.41, 5.74) is 7.40. The van der Waals surface area contributed by atoms with Crippen molar-refractivity contribution in [3.63, 3.8) is 0 Å². The smallest absolute Gasteiger partial charge is 0.114 e. The molecule has 76 heavy (non-hydrogen) atoms. The molecule has 0 aliphatic carbocycles. The largest absolute Gasteiger partial charge is 0.137 e. The Bertz CT molecular complexity index is 2280. The van der Waals surface area contributed by atoms with Gasteiger partial charge in [-0.15, -0.1) is 32.9 Å². The van der Waals surface area contributed by atoms with E-state index in [1.54, 1.807) is 23.1 Å². The molecule has 4 heterocycles. The van der Waals surface area contributed by atoms with Gasteiger partial charge >= 0.3 is 0 Å². The molecule has 4 nitrogen and oxygen atoms in total. The molecule has 0 N–H and O–H groups in total. The van der Waals surface area contributed by atoms with Crippen LogP contribution in [0.25, 0.3) is 52.1 Å². The number of unbranched alkanes of at least 4 members (excludes halogenated alkanes) is 32. The van der Waals surface area contributed by atoms with Crippen LogP contribution in [0.1, 0.15) is 296 Å². The van der Waals surface area contributed by atoms with E-state index < -0.39 is 0 Å². The Morgan fingerprint density at radius 1 is 0.355 bits per heavy atom. The van der Waals surface area contributed by atoms with Gasteiger partial charge in [-0.05, 0) is 115 Å². The molecule has 0 aliphatic rings. The van der Waals surface area contributed by atoms with Gasteiger partial charge in [-0.2, -0.15) is 0 Å². The van der Waals surface area contributed by atoms with E-state index in [4.69, 9.17) is 10.2 Å². The third-order valence-electron chi connectivity index (χ3n) is 16.8. The zero-order chi connectivity index (χ0) is 53.4. The molecule has 0 saturated carbocycles. The predicted octanol–water partition coefficient (Wildman–Crippen LogP) is 25.8. The van der Waals surface area contributed by atoms with Gasteiger partial charge in [0.25, 0.3) is 0 Å². The number of hydrogen-bond donors (Lipinski definition) is 0. The first-order valence-corrected chi connectivity index (χ1v) is 36.6. The highest BCUT2D eigenvalue weighted by Crippen LogP contribution is 2.48. The van der Waals surface area contributed by atoms with Gasteiger partial charge in [-0.3, -0.25) is 0 Å². The Morgan fingerprint density at radius 3 is 0.895 bits per heavy atom. The summed E-state index contributed by atoms with van der Waals surface area (Å²) in [6.45, 7) is 9.27. The highest BCUT2D eigenvalue weighted by atomic mass is 79.9. The molecule has 0 bridgehead atoms. The van der Waals surface area contributed by atoms with Gasteiger partial charge in [-0.1, -0.05) is 294 Å². The summed E-state index contributed by atoms with van der Waals surface area (Å²) in [5.74, 6) is 1.47. The summed E-state index contributed by atoms with van der Waals surface area (Å²) in [7, 11) is 0. The molecule has 0 aliphatic heterocycles. The van der Waals surface area contributed by atoms with E-state index in [2.05, 4.69) is 92.8 Å². The van der Waals surface area contributed by atoms with Crippen LogP contribution in [0.15, 0.2) is 31.8 Å². The quantitative estimate of drug-likeness (QED) is 0.0358. The maximum atomic E-state index is 4.88. The summed E-state index contributed by atoms with van der Waals surface area (Å²) < 4.78 is 14.2. The first-order chi connectivity index (χ1) is 37.4. The van der Waals surface area contributed by atoms with Gasteiger partial charge in [0.15, 0.2) is 0 Å². The number of hydrogen-bond acceptors (Lipinski definition) is 8. The van der Waals surface area contributed by atoms with E-state index in [9.17, 15) is 0 Å². The Balaban J connectivity index is 1.15. The molecule has 4 aromatic heterocycles. The maximum Gasteiger partial charge on any atom is 0.114 e. The average molecular weight is 1240 g/mol. The van der Waals surface area contributed by atoms with E-state index in [-0.39, 0.29) is 0 Å². The molecule has 6 rings (SSSR count). The molecular formula is C66H102Br2N4S4. The summed E-state index contributed by atoms with van der Waals surface area (Å²) in [4.78, 5) is 2.60. The second kappa shape index (κ2) is 38.4. The summed E-state index contributed by atoms with van der Waals surface area (Å²) in [5, 5.41) is 12.0. The minimum absolute atomic E-state index is 0.733. The second-order valence-electron chi connectivity index (χ2n) is 23.3. The second-order valence-corrected chi connectivity index (χ2v) is 29.5. The molecule has 2 atom stereocenters. The lowest BCUT2D eigenvalue weighted by Crippen LogP contribution is -2.05. The number of aromatic nitrogens is 4. The van der Waals surface area contributed by atoms with Crippen LogP contribution in [0, 0.1) is 11.8 Å². The van der Waals surface area contributed by atoms with Crippen LogP contribution >= 0.6 is 77.6 Å². The fourth-order valence-corrected chi connectivity index (χ4v) is 17.1. The van der Waals surface area contributed by atoms with Crippen LogP contribution in [-0.2, 0) is 12.8 Å². The van der Waals surface area contributed by atoms with Crippen LogP contribution < -0.4 is 0 Å². The maximum absolute atomic E-state index is 4.88. The van der Waals surface area contributed by atoms with E-state index >= 15 is 0 Å². The molecule has 6 aromatic rings. The van der Waals surface area contributed by atoms with Crippen molar-refractivity contribution >= 4 is 109 Å². The third kappa shape index (κ3) is 21.9. The van der Waals surface area contributed by atoms with Gasteiger partial charge in [-0.25, -0.2) is 0 Å². The minimum Gasteiger partial charge on any atom is -0.137 e. The Kier molecular flexibility index (Phi) is 32.3. The molecule has 0 spiro atoms. The Morgan fingerprint density at radius 2 is 0.618 bits per heavy atom. The van der Waals surface area contributed by atoms with Crippen molar-refractivity contribution in [3.8, 4) is 20.9 Å². The lowest BCUT2D eigenvalue weighted by Gasteiger charge is -2.17.